The van der Waals surface area contributed by atoms with E-state index >= 15 is 0 Å². The summed E-state index contributed by atoms with van der Waals surface area (Å²) in [5.74, 6) is -2.27. The van der Waals surface area contributed by atoms with Crippen molar-refractivity contribution in [2.45, 2.75) is 6.36 Å². The van der Waals surface area contributed by atoms with Gasteiger partial charge in [0, 0.05) is 18.3 Å². The molecule has 7 nitrogen and oxygen atoms in total. The Morgan fingerprint density at radius 2 is 1.77 bits per heavy atom. The topological polar surface area (TPSA) is 84.8 Å². The van der Waals surface area contributed by atoms with Gasteiger partial charge in [0.1, 0.15) is 17.5 Å². The molecule has 2 N–H and O–H groups in total. The molecule has 0 atom stereocenters. The second-order valence-electron chi connectivity index (χ2n) is 6.01. The number of H-pyrrole nitrogens is 1. The highest BCUT2D eigenvalue weighted by Crippen LogP contribution is 2.28. The van der Waals surface area contributed by atoms with E-state index in [1.807, 2.05) is 0 Å². The number of pyridine rings is 2. The van der Waals surface area contributed by atoms with Gasteiger partial charge in [-0.15, -0.1) is 13.2 Å². The average Bonchev–Trinajstić information content (AvgIpc) is 3.00. The zero-order valence-electron chi connectivity index (χ0n) is 14.7. The number of nitrogens with zero attached hydrogens (tertiary/aromatic N) is 3. The van der Waals surface area contributed by atoms with E-state index < -0.39 is 29.3 Å². The van der Waals surface area contributed by atoms with Crippen LogP contribution in [-0.2, 0) is 0 Å². The summed E-state index contributed by atoms with van der Waals surface area (Å²) >= 11 is 0. The van der Waals surface area contributed by atoms with E-state index in [1.54, 1.807) is 0 Å². The Hall–Kier alpha value is -3.96. The number of aromatic nitrogens is 4. The maximum atomic E-state index is 14.1. The van der Waals surface area contributed by atoms with Crippen molar-refractivity contribution in [2.24, 2.45) is 0 Å². The fourth-order valence-corrected chi connectivity index (χ4v) is 2.72. The molecule has 12 heteroatoms. The van der Waals surface area contributed by atoms with Crippen LogP contribution in [0.3, 0.4) is 0 Å². The molecular weight excluding hydrogens is 413 g/mol. The van der Waals surface area contributed by atoms with E-state index in [4.69, 9.17) is 0 Å². The van der Waals surface area contributed by atoms with Gasteiger partial charge in [0.2, 0.25) is 0 Å². The van der Waals surface area contributed by atoms with Gasteiger partial charge < -0.3 is 10.1 Å². The van der Waals surface area contributed by atoms with Crippen LogP contribution < -0.4 is 15.6 Å². The monoisotopic (exact) mass is 423 g/mol. The largest absolute Gasteiger partial charge is 0.573 e. The number of halogens is 5. The van der Waals surface area contributed by atoms with E-state index in [0.717, 1.165) is 24.4 Å². The van der Waals surface area contributed by atoms with Crippen molar-refractivity contribution in [1.29, 1.82) is 0 Å². The molecule has 3 aromatic heterocycles. The maximum absolute atomic E-state index is 14.1. The first-order valence-corrected chi connectivity index (χ1v) is 8.25. The summed E-state index contributed by atoms with van der Waals surface area (Å²) in [5.41, 5.74) is -0.227. The zero-order valence-corrected chi connectivity index (χ0v) is 14.7. The minimum atomic E-state index is -5.04. The summed E-state index contributed by atoms with van der Waals surface area (Å²) in [6, 6.07) is 6.73. The maximum Gasteiger partial charge on any atom is 0.573 e. The van der Waals surface area contributed by atoms with E-state index in [9.17, 15) is 26.7 Å². The van der Waals surface area contributed by atoms with Crippen molar-refractivity contribution in [1.82, 2.24) is 19.7 Å². The summed E-state index contributed by atoms with van der Waals surface area (Å²) in [5, 5.41) is 5.44. The first-order valence-electron chi connectivity index (χ1n) is 8.25. The lowest BCUT2D eigenvalue weighted by Crippen LogP contribution is -2.18. The molecule has 0 radical (unpaired) electrons. The smallest absolute Gasteiger partial charge is 0.403 e. The predicted molar refractivity (Wildman–Crippen MR) is 95.8 cm³/mol. The molecular formula is C18H10F5N5O2. The number of fused-ring (bicyclic) bond motifs is 1. The van der Waals surface area contributed by atoms with Crippen LogP contribution in [0.15, 0.2) is 53.6 Å². The van der Waals surface area contributed by atoms with E-state index in [-0.39, 0.29) is 28.2 Å². The van der Waals surface area contributed by atoms with Crippen molar-refractivity contribution in [3.63, 3.8) is 0 Å². The molecule has 0 aliphatic rings. The summed E-state index contributed by atoms with van der Waals surface area (Å²) in [6.45, 7) is 0. The summed E-state index contributed by atoms with van der Waals surface area (Å²) in [6.07, 6.45) is -2.79. The van der Waals surface area contributed by atoms with Crippen molar-refractivity contribution in [3.8, 4) is 11.4 Å². The Kier molecular flexibility index (Phi) is 4.60. The van der Waals surface area contributed by atoms with Crippen LogP contribution >= 0.6 is 0 Å². The van der Waals surface area contributed by atoms with Gasteiger partial charge in [-0.1, -0.05) is 0 Å². The van der Waals surface area contributed by atoms with Crippen LogP contribution in [-0.4, -0.2) is 26.1 Å². The Bertz CT molecular complexity index is 1280. The summed E-state index contributed by atoms with van der Waals surface area (Å²) < 4.78 is 68.8. The van der Waals surface area contributed by atoms with Gasteiger partial charge in [-0.25, -0.2) is 18.7 Å². The SMILES string of the molecule is O=c1[nH]n(-c2ccc(OC(F)(F)F)c(F)c2)c2cc(Nc3ccc(F)cn3)ncc12. The number of nitrogens with one attached hydrogen (secondary N) is 2. The molecule has 0 bridgehead atoms. The molecule has 0 fully saturated rings. The Morgan fingerprint density at radius 3 is 2.43 bits per heavy atom. The quantitative estimate of drug-likeness (QED) is 0.485. The number of hydrogen-bond acceptors (Lipinski definition) is 5. The summed E-state index contributed by atoms with van der Waals surface area (Å²) in [4.78, 5) is 20.1. The van der Waals surface area contributed by atoms with Crippen molar-refractivity contribution in [3.05, 3.63) is 70.8 Å². The fraction of sp³-hybridized carbons (Fsp3) is 0.0556. The van der Waals surface area contributed by atoms with Crippen LogP contribution in [0.25, 0.3) is 16.6 Å². The number of benzene rings is 1. The van der Waals surface area contributed by atoms with Gasteiger partial charge in [0.15, 0.2) is 11.6 Å². The third kappa shape index (κ3) is 3.92. The molecule has 0 saturated carbocycles. The summed E-state index contributed by atoms with van der Waals surface area (Å²) in [7, 11) is 0. The molecule has 0 amide bonds. The second-order valence-corrected chi connectivity index (χ2v) is 6.01. The van der Waals surface area contributed by atoms with E-state index in [2.05, 4.69) is 25.1 Å². The lowest BCUT2D eigenvalue weighted by molar-refractivity contribution is -0.275. The molecule has 0 saturated heterocycles. The highest BCUT2D eigenvalue weighted by molar-refractivity contribution is 5.82. The van der Waals surface area contributed by atoms with E-state index in [1.165, 1.54) is 29.1 Å². The lowest BCUT2D eigenvalue weighted by Gasteiger charge is -2.11. The second kappa shape index (κ2) is 7.13. The van der Waals surface area contributed by atoms with Gasteiger partial charge >= 0.3 is 6.36 Å². The molecule has 30 heavy (non-hydrogen) atoms. The lowest BCUT2D eigenvalue weighted by atomic mass is 10.2. The first-order chi connectivity index (χ1) is 14.2. The number of aromatic amines is 1. The predicted octanol–water partition coefficient (Wildman–Crippen LogP) is 4.03. The number of hydrogen-bond donors (Lipinski definition) is 2. The molecule has 3 heterocycles. The van der Waals surface area contributed by atoms with Crippen LogP contribution in [0.5, 0.6) is 5.75 Å². The highest BCUT2D eigenvalue weighted by atomic mass is 19.4. The van der Waals surface area contributed by atoms with Crippen LogP contribution in [0.2, 0.25) is 0 Å². The number of alkyl halides is 3. The molecule has 4 aromatic rings. The Balaban J connectivity index is 1.73. The minimum Gasteiger partial charge on any atom is -0.403 e. The van der Waals surface area contributed by atoms with Gasteiger partial charge in [0.05, 0.1) is 22.8 Å². The average molecular weight is 423 g/mol. The number of rotatable bonds is 4. The number of ether oxygens (including phenoxy) is 1. The van der Waals surface area contributed by atoms with Gasteiger partial charge in [-0.05, 0) is 24.3 Å². The fourth-order valence-electron chi connectivity index (χ4n) is 2.72. The molecule has 0 aliphatic carbocycles. The van der Waals surface area contributed by atoms with E-state index in [0.29, 0.717) is 0 Å². The zero-order chi connectivity index (χ0) is 21.5. The third-order valence-electron chi connectivity index (χ3n) is 3.96. The Labute approximate surface area is 163 Å². The number of anilines is 2. The molecule has 4 rings (SSSR count). The molecule has 154 valence electrons. The van der Waals surface area contributed by atoms with Crippen molar-refractivity contribution in [2.75, 3.05) is 5.32 Å². The van der Waals surface area contributed by atoms with Crippen LogP contribution in [0, 0.1) is 11.6 Å². The van der Waals surface area contributed by atoms with Crippen LogP contribution in [0.1, 0.15) is 0 Å². The van der Waals surface area contributed by atoms with Gasteiger partial charge in [-0.2, -0.15) is 0 Å². The molecule has 1 aromatic carbocycles. The van der Waals surface area contributed by atoms with Crippen molar-refractivity contribution >= 4 is 22.5 Å². The molecule has 0 unspecified atom stereocenters. The first kappa shape index (κ1) is 19.4. The molecule has 0 aliphatic heterocycles. The molecule has 0 spiro atoms. The van der Waals surface area contributed by atoms with Gasteiger partial charge in [-0.3, -0.25) is 14.6 Å². The van der Waals surface area contributed by atoms with Gasteiger partial charge in [0.25, 0.3) is 5.56 Å². The normalized spacial score (nSPS) is 11.6. The Morgan fingerprint density at radius 1 is 1.00 bits per heavy atom. The highest BCUT2D eigenvalue weighted by Gasteiger charge is 2.32. The van der Waals surface area contributed by atoms with Crippen molar-refractivity contribution < 1.29 is 26.7 Å². The standard InChI is InChI=1S/C18H10F5N5O2/c19-9-1-4-15(24-7-9)26-16-6-13-11(8-25-16)17(29)27-28(13)10-2-3-14(12(20)5-10)30-18(21,22)23/h1-8H,(H,27,29)(H,24,25,26). The minimum absolute atomic E-state index is 0.0474. The third-order valence-corrected chi connectivity index (χ3v) is 3.96. The van der Waals surface area contributed by atoms with Crippen LogP contribution in [0.4, 0.5) is 33.6 Å².